The number of carbonyl (C=O) groups excluding carboxylic acids is 1. The predicted octanol–water partition coefficient (Wildman–Crippen LogP) is 5.68. The van der Waals surface area contributed by atoms with Crippen molar-refractivity contribution in [3.05, 3.63) is 81.4 Å². The molecule has 29 heavy (non-hydrogen) atoms. The molecule has 1 aliphatic heterocycles. The van der Waals surface area contributed by atoms with Gasteiger partial charge in [-0.05, 0) is 71.9 Å². The van der Waals surface area contributed by atoms with E-state index < -0.39 is 0 Å². The van der Waals surface area contributed by atoms with Crippen LogP contribution in [0.25, 0.3) is 11.8 Å². The van der Waals surface area contributed by atoms with Crippen molar-refractivity contribution in [1.29, 1.82) is 0 Å². The molecule has 1 aliphatic rings. The molecule has 1 N–H and O–H groups in total. The number of thioether (sulfide) groups is 1. The first-order valence-corrected chi connectivity index (χ1v) is 10.2. The Morgan fingerprint density at radius 2 is 1.90 bits per heavy atom. The molecule has 1 amide bonds. The maximum absolute atomic E-state index is 12.3. The number of hydrogen-bond donors (Lipinski definition) is 1. The van der Waals surface area contributed by atoms with Gasteiger partial charge in [-0.15, -0.1) is 0 Å². The van der Waals surface area contributed by atoms with Crippen LogP contribution < -0.4 is 10.1 Å². The molecule has 0 unspecified atom stereocenters. The number of ether oxygens (including phenoxy) is 1. The number of hydrogen-bond acceptors (Lipinski definition) is 4. The van der Waals surface area contributed by atoms with E-state index in [1.54, 1.807) is 25.3 Å². The Morgan fingerprint density at radius 1 is 1.10 bits per heavy atom. The van der Waals surface area contributed by atoms with E-state index in [9.17, 15) is 4.79 Å². The van der Waals surface area contributed by atoms with Crippen molar-refractivity contribution in [2.75, 3.05) is 7.11 Å². The third kappa shape index (κ3) is 4.50. The van der Waals surface area contributed by atoms with Gasteiger partial charge in [-0.25, -0.2) is 4.99 Å². The molecule has 0 atom stereocenters. The Hall–Kier alpha value is -2.67. The second-order valence-electron chi connectivity index (χ2n) is 6.13. The van der Waals surface area contributed by atoms with Crippen LogP contribution in [0, 0.1) is 0 Å². The van der Waals surface area contributed by atoms with Gasteiger partial charge in [0.15, 0.2) is 5.17 Å². The van der Waals surface area contributed by atoms with Crippen molar-refractivity contribution in [3.8, 4) is 11.4 Å². The molecule has 0 radical (unpaired) electrons. The molecule has 1 fully saturated rings. The van der Waals surface area contributed by atoms with Crippen LogP contribution in [0.4, 0.5) is 5.69 Å². The van der Waals surface area contributed by atoms with Crippen LogP contribution in [0.5, 0.6) is 5.75 Å². The second kappa shape index (κ2) is 8.37. The SMILES string of the molecule is COc1ccc(-n2ccc(/C=C3/SC(=Nc4ccc(Cl)c(Cl)c4)NC3=O)c2)cc1. The average Bonchev–Trinajstić information content (AvgIpc) is 3.32. The summed E-state index contributed by atoms with van der Waals surface area (Å²) in [5.74, 6) is 0.613. The van der Waals surface area contributed by atoms with Crippen LogP contribution in [-0.2, 0) is 4.79 Å². The first-order valence-electron chi connectivity index (χ1n) is 8.59. The van der Waals surface area contributed by atoms with Crippen molar-refractivity contribution in [1.82, 2.24) is 9.88 Å². The number of nitrogens with one attached hydrogen (secondary N) is 1. The summed E-state index contributed by atoms with van der Waals surface area (Å²) in [5, 5.41) is 4.14. The summed E-state index contributed by atoms with van der Waals surface area (Å²) in [6.07, 6.45) is 5.73. The van der Waals surface area contributed by atoms with Gasteiger partial charge in [0.2, 0.25) is 0 Å². The highest BCUT2D eigenvalue weighted by atomic mass is 35.5. The zero-order valence-corrected chi connectivity index (χ0v) is 17.6. The van der Waals surface area contributed by atoms with E-state index in [1.165, 1.54) is 11.8 Å². The van der Waals surface area contributed by atoms with Crippen LogP contribution in [-0.4, -0.2) is 22.8 Å². The minimum atomic E-state index is -0.189. The molecule has 1 saturated heterocycles. The maximum atomic E-state index is 12.3. The first-order chi connectivity index (χ1) is 14.0. The number of benzene rings is 2. The quantitative estimate of drug-likeness (QED) is 0.527. The third-order valence-electron chi connectivity index (χ3n) is 4.17. The van der Waals surface area contributed by atoms with Crippen molar-refractivity contribution >= 4 is 57.8 Å². The van der Waals surface area contributed by atoms with Gasteiger partial charge in [0.1, 0.15) is 5.75 Å². The first kappa shape index (κ1) is 19.6. The predicted molar refractivity (Wildman–Crippen MR) is 120 cm³/mol. The van der Waals surface area contributed by atoms with Gasteiger partial charge in [-0.3, -0.25) is 4.79 Å². The van der Waals surface area contributed by atoms with Crippen molar-refractivity contribution < 1.29 is 9.53 Å². The zero-order chi connectivity index (χ0) is 20.4. The van der Waals surface area contributed by atoms with Gasteiger partial charge in [-0.1, -0.05) is 23.2 Å². The molecule has 0 spiro atoms. The lowest BCUT2D eigenvalue weighted by molar-refractivity contribution is -0.115. The Balaban J connectivity index is 1.52. The van der Waals surface area contributed by atoms with E-state index in [4.69, 9.17) is 27.9 Å². The molecule has 0 aliphatic carbocycles. The van der Waals surface area contributed by atoms with E-state index in [0.29, 0.717) is 25.8 Å². The van der Waals surface area contributed by atoms with E-state index in [1.807, 2.05) is 53.4 Å². The standard InChI is InChI=1S/C21H15Cl2N3O2S/c1-28-16-5-3-15(4-6-16)26-9-8-13(12-26)10-19-20(27)25-21(29-19)24-14-2-7-17(22)18(23)11-14/h2-12H,1H3,(H,24,25,27)/b19-10+. The number of amidine groups is 1. The highest BCUT2D eigenvalue weighted by molar-refractivity contribution is 8.18. The fourth-order valence-corrected chi connectivity index (χ4v) is 3.85. The number of amides is 1. The normalized spacial score (nSPS) is 16.4. The van der Waals surface area contributed by atoms with Gasteiger partial charge < -0.3 is 14.6 Å². The van der Waals surface area contributed by atoms with Crippen LogP contribution in [0.1, 0.15) is 5.56 Å². The molecule has 2 heterocycles. The number of aromatic nitrogens is 1. The van der Waals surface area contributed by atoms with E-state index in [2.05, 4.69) is 10.3 Å². The Kier molecular flexibility index (Phi) is 5.67. The number of halogens is 2. The third-order valence-corrected chi connectivity index (χ3v) is 5.82. The summed E-state index contributed by atoms with van der Waals surface area (Å²) >= 11 is 13.2. The molecule has 1 aromatic heterocycles. The van der Waals surface area contributed by atoms with Crippen LogP contribution in [0.2, 0.25) is 10.0 Å². The molecule has 3 aromatic rings. The number of methoxy groups -OCH3 is 1. The van der Waals surface area contributed by atoms with Crippen LogP contribution in [0.15, 0.2) is 70.8 Å². The molecular weight excluding hydrogens is 429 g/mol. The van der Waals surface area contributed by atoms with Crippen molar-refractivity contribution in [2.45, 2.75) is 0 Å². The van der Waals surface area contributed by atoms with Crippen molar-refractivity contribution in [2.24, 2.45) is 4.99 Å². The lowest BCUT2D eigenvalue weighted by Crippen LogP contribution is -2.19. The maximum Gasteiger partial charge on any atom is 0.264 e. The number of nitrogens with zero attached hydrogens (tertiary/aromatic N) is 2. The topological polar surface area (TPSA) is 55.6 Å². The van der Waals surface area contributed by atoms with Crippen LogP contribution >= 0.6 is 35.0 Å². The molecule has 4 rings (SSSR count). The fourth-order valence-electron chi connectivity index (χ4n) is 2.72. The van der Waals surface area contributed by atoms with Crippen LogP contribution in [0.3, 0.4) is 0 Å². The highest BCUT2D eigenvalue weighted by Gasteiger charge is 2.24. The lowest BCUT2D eigenvalue weighted by Gasteiger charge is -2.04. The molecular formula is C21H15Cl2N3O2S. The van der Waals surface area contributed by atoms with Gasteiger partial charge >= 0.3 is 0 Å². The van der Waals surface area contributed by atoms with Crippen molar-refractivity contribution in [3.63, 3.8) is 0 Å². The van der Waals surface area contributed by atoms with Gasteiger partial charge in [0.25, 0.3) is 5.91 Å². The summed E-state index contributed by atoms with van der Waals surface area (Å²) in [7, 11) is 1.64. The van der Waals surface area contributed by atoms with Gasteiger partial charge in [0, 0.05) is 18.1 Å². The molecule has 0 bridgehead atoms. The monoisotopic (exact) mass is 443 g/mol. The van der Waals surface area contributed by atoms with E-state index >= 15 is 0 Å². The van der Waals surface area contributed by atoms with Gasteiger partial charge in [-0.2, -0.15) is 0 Å². The summed E-state index contributed by atoms with van der Waals surface area (Å²) in [5.41, 5.74) is 2.53. The Morgan fingerprint density at radius 3 is 2.62 bits per heavy atom. The minimum absolute atomic E-state index is 0.189. The average molecular weight is 444 g/mol. The molecule has 2 aromatic carbocycles. The lowest BCUT2D eigenvalue weighted by atomic mass is 10.3. The minimum Gasteiger partial charge on any atom is -0.497 e. The second-order valence-corrected chi connectivity index (χ2v) is 7.98. The molecule has 0 saturated carbocycles. The Bertz CT molecular complexity index is 1140. The molecule has 8 heteroatoms. The summed E-state index contributed by atoms with van der Waals surface area (Å²) in [6, 6.07) is 14.7. The number of carbonyl (C=O) groups is 1. The smallest absolute Gasteiger partial charge is 0.264 e. The molecule has 5 nitrogen and oxygen atoms in total. The van der Waals surface area contributed by atoms with E-state index in [-0.39, 0.29) is 5.91 Å². The van der Waals surface area contributed by atoms with E-state index in [0.717, 1.165) is 17.0 Å². The summed E-state index contributed by atoms with van der Waals surface area (Å²) < 4.78 is 7.16. The Labute approximate surface area is 182 Å². The number of rotatable bonds is 4. The fraction of sp³-hybridized carbons (Fsp3) is 0.0476. The highest BCUT2D eigenvalue weighted by Crippen LogP contribution is 2.31. The largest absolute Gasteiger partial charge is 0.497 e. The summed E-state index contributed by atoms with van der Waals surface area (Å²) in [4.78, 5) is 17.3. The summed E-state index contributed by atoms with van der Waals surface area (Å²) in [6.45, 7) is 0. The number of aliphatic imine (C=N–C) groups is 1. The molecule has 146 valence electrons. The van der Waals surface area contributed by atoms with Gasteiger partial charge in [0.05, 0.1) is 27.7 Å². The zero-order valence-electron chi connectivity index (χ0n) is 15.2.